The van der Waals surface area contributed by atoms with Crippen molar-refractivity contribution >= 4 is 5.91 Å². The van der Waals surface area contributed by atoms with Crippen LogP contribution in [0.1, 0.15) is 37.5 Å². The number of nitrogens with one attached hydrogen (secondary N) is 1. The normalized spacial score (nSPS) is 15.8. The molecule has 0 aliphatic carbocycles. The van der Waals surface area contributed by atoms with Gasteiger partial charge in [-0.15, -0.1) is 0 Å². The van der Waals surface area contributed by atoms with Crippen LogP contribution in [0.5, 0.6) is 5.75 Å². The Bertz CT molecular complexity index is 541. The maximum absolute atomic E-state index is 12.5. The molecule has 0 atom stereocenters. The number of hydrogen-bond acceptors (Lipinski definition) is 3. The van der Waals surface area contributed by atoms with Crippen LogP contribution in [0.2, 0.25) is 0 Å². The van der Waals surface area contributed by atoms with Crippen LogP contribution < -0.4 is 10.1 Å². The van der Waals surface area contributed by atoms with E-state index in [0.29, 0.717) is 6.42 Å². The van der Waals surface area contributed by atoms with E-state index in [-0.39, 0.29) is 11.3 Å². The van der Waals surface area contributed by atoms with Gasteiger partial charge in [-0.3, -0.25) is 4.79 Å². The van der Waals surface area contributed by atoms with Gasteiger partial charge in [0.2, 0.25) is 5.91 Å². The summed E-state index contributed by atoms with van der Waals surface area (Å²) in [6, 6.07) is 4.21. The van der Waals surface area contributed by atoms with E-state index >= 15 is 0 Å². The molecule has 0 bridgehead atoms. The molecular formula is C18H28N2O2. The molecule has 1 fully saturated rings. The number of nitrogens with zero attached hydrogens (tertiary/aromatic N) is 1. The van der Waals surface area contributed by atoms with E-state index in [1.807, 2.05) is 11.8 Å². The average molecular weight is 304 g/mol. The molecule has 1 N–H and O–H groups in total. The smallest absolute Gasteiger partial charge is 0.227 e. The summed E-state index contributed by atoms with van der Waals surface area (Å²) in [7, 11) is 1.71. The Morgan fingerprint density at radius 3 is 2.45 bits per heavy atom. The average Bonchev–Trinajstić information content (AvgIpc) is 2.46. The third-order valence-corrected chi connectivity index (χ3v) is 4.17. The van der Waals surface area contributed by atoms with Crippen LogP contribution in [-0.2, 0) is 16.6 Å². The molecule has 122 valence electrons. The molecule has 4 nitrogen and oxygen atoms in total. The Morgan fingerprint density at radius 1 is 1.27 bits per heavy atom. The number of amides is 1. The summed E-state index contributed by atoms with van der Waals surface area (Å²) in [4.78, 5) is 14.4. The van der Waals surface area contributed by atoms with Crippen LogP contribution >= 0.6 is 0 Å². The summed E-state index contributed by atoms with van der Waals surface area (Å²) in [5, 5.41) is 3.28. The second-order valence-electron chi connectivity index (χ2n) is 7.05. The topological polar surface area (TPSA) is 41.6 Å². The number of carbonyl (C=O) groups excluding carboxylic acids is 1. The number of ether oxygens (including phenoxy) is 1. The number of hydrogen-bond donors (Lipinski definition) is 1. The summed E-state index contributed by atoms with van der Waals surface area (Å²) >= 11 is 0. The Labute approximate surface area is 133 Å². The third kappa shape index (κ3) is 3.80. The quantitative estimate of drug-likeness (QED) is 0.931. The monoisotopic (exact) mass is 304 g/mol. The number of rotatable bonds is 3. The summed E-state index contributed by atoms with van der Waals surface area (Å²) in [6.07, 6.45) is 0.466. The van der Waals surface area contributed by atoms with Crippen molar-refractivity contribution in [2.45, 2.75) is 39.5 Å². The molecule has 1 saturated heterocycles. The summed E-state index contributed by atoms with van der Waals surface area (Å²) in [5.41, 5.74) is 3.33. The van der Waals surface area contributed by atoms with Crippen molar-refractivity contribution in [3.63, 3.8) is 0 Å². The summed E-state index contributed by atoms with van der Waals surface area (Å²) in [6.45, 7) is 12.0. The molecule has 0 unspecified atom stereocenters. The van der Waals surface area contributed by atoms with Crippen molar-refractivity contribution < 1.29 is 9.53 Å². The molecule has 0 radical (unpaired) electrons. The van der Waals surface area contributed by atoms with E-state index in [1.165, 1.54) is 0 Å². The Morgan fingerprint density at radius 2 is 1.91 bits per heavy atom. The Balaban J connectivity index is 2.24. The van der Waals surface area contributed by atoms with Gasteiger partial charge in [0, 0.05) is 31.7 Å². The van der Waals surface area contributed by atoms with Crippen molar-refractivity contribution in [2.75, 3.05) is 33.3 Å². The van der Waals surface area contributed by atoms with Gasteiger partial charge < -0.3 is 15.0 Å². The van der Waals surface area contributed by atoms with Crippen molar-refractivity contribution in [1.82, 2.24) is 10.2 Å². The van der Waals surface area contributed by atoms with Gasteiger partial charge in [-0.05, 0) is 23.5 Å². The zero-order valence-corrected chi connectivity index (χ0v) is 14.5. The van der Waals surface area contributed by atoms with Crippen molar-refractivity contribution in [1.29, 1.82) is 0 Å². The van der Waals surface area contributed by atoms with Gasteiger partial charge in [0.15, 0.2) is 0 Å². The highest BCUT2D eigenvalue weighted by atomic mass is 16.5. The lowest BCUT2D eigenvalue weighted by Crippen LogP contribution is -2.46. The first-order valence-electron chi connectivity index (χ1n) is 7.99. The fourth-order valence-corrected chi connectivity index (χ4v) is 2.98. The predicted molar refractivity (Wildman–Crippen MR) is 89.6 cm³/mol. The van der Waals surface area contributed by atoms with Gasteiger partial charge in [-0.1, -0.05) is 32.9 Å². The van der Waals surface area contributed by atoms with Crippen LogP contribution in [-0.4, -0.2) is 44.1 Å². The molecular weight excluding hydrogens is 276 g/mol. The third-order valence-electron chi connectivity index (χ3n) is 4.17. The first-order valence-corrected chi connectivity index (χ1v) is 7.99. The van der Waals surface area contributed by atoms with Gasteiger partial charge in [0.1, 0.15) is 5.75 Å². The van der Waals surface area contributed by atoms with Crippen molar-refractivity contribution in [3.05, 3.63) is 28.8 Å². The molecule has 1 aliphatic heterocycles. The number of carbonyl (C=O) groups is 1. The van der Waals surface area contributed by atoms with Gasteiger partial charge >= 0.3 is 0 Å². The fraction of sp³-hybridized carbons (Fsp3) is 0.611. The molecule has 0 saturated carbocycles. The predicted octanol–water partition coefficient (Wildman–Crippen LogP) is 2.28. The number of aryl methyl sites for hydroxylation is 1. The first-order chi connectivity index (χ1) is 10.3. The zero-order chi connectivity index (χ0) is 16.3. The lowest BCUT2D eigenvalue weighted by Gasteiger charge is -2.28. The highest BCUT2D eigenvalue weighted by molar-refractivity contribution is 5.79. The second kappa shape index (κ2) is 6.69. The van der Waals surface area contributed by atoms with E-state index in [0.717, 1.165) is 48.6 Å². The van der Waals surface area contributed by atoms with E-state index < -0.39 is 0 Å². The van der Waals surface area contributed by atoms with Crippen LogP contribution in [0.15, 0.2) is 12.1 Å². The van der Waals surface area contributed by atoms with E-state index in [9.17, 15) is 4.79 Å². The van der Waals surface area contributed by atoms with Crippen molar-refractivity contribution in [2.24, 2.45) is 0 Å². The number of benzene rings is 1. The summed E-state index contributed by atoms with van der Waals surface area (Å²) < 4.78 is 5.58. The maximum atomic E-state index is 12.5. The molecule has 1 aliphatic rings. The largest absolute Gasteiger partial charge is 0.496 e. The number of methoxy groups -OCH3 is 1. The lowest BCUT2D eigenvalue weighted by atomic mass is 9.83. The SMILES string of the molecule is COc1c(C)cc(CC(=O)N2CCNCC2)cc1C(C)(C)C. The fourth-order valence-electron chi connectivity index (χ4n) is 2.98. The van der Waals surface area contributed by atoms with Crippen LogP contribution in [0, 0.1) is 6.92 Å². The minimum Gasteiger partial charge on any atom is -0.496 e. The Kier molecular flexibility index (Phi) is 5.12. The molecule has 2 rings (SSSR count). The highest BCUT2D eigenvalue weighted by Crippen LogP contribution is 2.35. The van der Waals surface area contributed by atoms with Gasteiger partial charge in [0.25, 0.3) is 0 Å². The molecule has 0 spiro atoms. The molecule has 1 heterocycles. The molecule has 0 aromatic heterocycles. The lowest BCUT2D eigenvalue weighted by molar-refractivity contribution is -0.131. The molecule has 1 aromatic carbocycles. The van der Waals surface area contributed by atoms with Gasteiger partial charge in [-0.2, -0.15) is 0 Å². The second-order valence-corrected chi connectivity index (χ2v) is 7.05. The standard InChI is InChI=1S/C18H28N2O2/c1-13-10-14(11-15(17(13)22-5)18(2,3)4)12-16(21)20-8-6-19-7-9-20/h10-11,19H,6-9,12H2,1-5H3. The van der Waals surface area contributed by atoms with E-state index in [1.54, 1.807) is 7.11 Å². The van der Waals surface area contributed by atoms with Gasteiger partial charge in [-0.25, -0.2) is 0 Å². The van der Waals surface area contributed by atoms with Crippen LogP contribution in [0.25, 0.3) is 0 Å². The highest BCUT2D eigenvalue weighted by Gasteiger charge is 2.23. The molecule has 1 amide bonds. The maximum Gasteiger partial charge on any atom is 0.227 e. The van der Waals surface area contributed by atoms with Crippen LogP contribution in [0.3, 0.4) is 0 Å². The number of piperazine rings is 1. The van der Waals surface area contributed by atoms with Crippen LogP contribution in [0.4, 0.5) is 0 Å². The first kappa shape index (κ1) is 16.8. The minimum atomic E-state index is -0.00972. The minimum absolute atomic E-state index is 0.00972. The van der Waals surface area contributed by atoms with E-state index in [4.69, 9.17) is 4.74 Å². The molecule has 22 heavy (non-hydrogen) atoms. The molecule has 4 heteroatoms. The van der Waals surface area contributed by atoms with Crippen molar-refractivity contribution in [3.8, 4) is 5.75 Å². The Hall–Kier alpha value is -1.55. The van der Waals surface area contributed by atoms with Gasteiger partial charge in [0.05, 0.1) is 13.5 Å². The summed E-state index contributed by atoms with van der Waals surface area (Å²) in [5.74, 6) is 1.15. The van der Waals surface area contributed by atoms with E-state index in [2.05, 4.69) is 38.2 Å². The zero-order valence-electron chi connectivity index (χ0n) is 14.5. The molecule has 1 aromatic rings.